The van der Waals surface area contributed by atoms with Crippen LogP contribution >= 0.6 is 0 Å². The van der Waals surface area contributed by atoms with Gasteiger partial charge in [0.2, 0.25) is 5.89 Å². The smallest absolute Gasteiger partial charge is 0.261 e. The maximum absolute atomic E-state index is 11.8. The summed E-state index contributed by atoms with van der Waals surface area (Å²) in [5.41, 5.74) is 5.62. The molecule has 1 unspecified atom stereocenters. The van der Waals surface area contributed by atoms with Crippen LogP contribution in [0.5, 0.6) is 0 Å². The third-order valence-electron chi connectivity index (χ3n) is 2.27. The van der Waals surface area contributed by atoms with Gasteiger partial charge in [0.05, 0.1) is 6.61 Å². The van der Waals surface area contributed by atoms with Crippen molar-refractivity contribution >= 4 is 0 Å². The maximum atomic E-state index is 11.8. The molecule has 0 spiro atoms. The highest BCUT2D eigenvalue weighted by Gasteiger charge is 2.07. The summed E-state index contributed by atoms with van der Waals surface area (Å²) in [5.74, 6) is 1.04. The van der Waals surface area contributed by atoms with Gasteiger partial charge in [-0.25, -0.2) is 8.78 Å². The van der Waals surface area contributed by atoms with Crippen molar-refractivity contribution in [3.63, 3.8) is 0 Å². The lowest BCUT2D eigenvalue weighted by molar-refractivity contribution is 0.0182. The van der Waals surface area contributed by atoms with E-state index >= 15 is 0 Å². The molecule has 5 nitrogen and oxygen atoms in total. The number of aromatic nitrogens is 2. The Labute approximate surface area is 105 Å². The number of aryl methyl sites for hydroxylation is 1. The summed E-state index contributed by atoms with van der Waals surface area (Å²) in [4.78, 5) is 4.14. The van der Waals surface area contributed by atoms with Gasteiger partial charge in [0, 0.05) is 18.9 Å². The molecule has 0 aromatic carbocycles. The highest BCUT2D eigenvalue weighted by Crippen LogP contribution is 2.05. The molecule has 0 bridgehead atoms. The molecule has 7 heteroatoms. The summed E-state index contributed by atoms with van der Waals surface area (Å²) < 4.78 is 33.3. The molecular formula is C11H19F2N3O2. The summed E-state index contributed by atoms with van der Waals surface area (Å²) in [5, 5.41) is 3.75. The molecule has 0 fully saturated rings. The van der Waals surface area contributed by atoms with Gasteiger partial charge >= 0.3 is 0 Å². The minimum atomic E-state index is -2.44. The number of hydrogen-bond donors (Lipinski definition) is 1. The number of ether oxygens (including phenoxy) is 1. The van der Waals surface area contributed by atoms with Crippen LogP contribution in [0.4, 0.5) is 8.78 Å². The van der Waals surface area contributed by atoms with Gasteiger partial charge in [0.25, 0.3) is 6.43 Å². The maximum Gasteiger partial charge on any atom is 0.261 e. The second-order valence-corrected chi connectivity index (χ2v) is 4.19. The van der Waals surface area contributed by atoms with Crippen LogP contribution in [0.15, 0.2) is 4.52 Å². The van der Waals surface area contributed by atoms with Crippen LogP contribution in [0.1, 0.15) is 31.5 Å². The lowest BCUT2D eigenvalue weighted by Gasteiger charge is -2.01. The van der Waals surface area contributed by atoms with E-state index in [9.17, 15) is 8.78 Å². The summed E-state index contributed by atoms with van der Waals surface area (Å²) in [6.45, 7) is 1.56. The first-order chi connectivity index (χ1) is 8.58. The Bertz CT molecular complexity index is 332. The van der Waals surface area contributed by atoms with Crippen molar-refractivity contribution in [1.82, 2.24) is 10.1 Å². The summed E-state index contributed by atoms with van der Waals surface area (Å²) in [6.07, 6.45) is 0.413. The Balaban J connectivity index is 2.17. The van der Waals surface area contributed by atoms with E-state index in [2.05, 4.69) is 10.1 Å². The minimum absolute atomic E-state index is 0.162. The zero-order valence-electron chi connectivity index (χ0n) is 10.4. The van der Waals surface area contributed by atoms with Crippen molar-refractivity contribution in [2.75, 3.05) is 13.2 Å². The Hall–Kier alpha value is -1.08. The molecule has 0 aliphatic carbocycles. The van der Waals surface area contributed by atoms with Crippen LogP contribution < -0.4 is 5.73 Å². The molecule has 1 heterocycles. The van der Waals surface area contributed by atoms with E-state index < -0.39 is 13.0 Å². The Morgan fingerprint density at radius 2 is 2.17 bits per heavy atom. The first kappa shape index (κ1) is 15.0. The number of halogens is 2. The Morgan fingerprint density at radius 3 is 2.83 bits per heavy atom. The fraction of sp³-hybridized carbons (Fsp3) is 0.818. The minimum Gasteiger partial charge on any atom is -0.375 e. The van der Waals surface area contributed by atoms with Crippen molar-refractivity contribution in [1.29, 1.82) is 0 Å². The third-order valence-corrected chi connectivity index (χ3v) is 2.27. The number of nitrogens with zero attached hydrogens (tertiary/aromatic N) is 2. The van der Waals surface area contributed by atoms with E-state index in [4.69, 9.17) is 15.0 Å². The molecule has 104 valence electrons. The van der Waals surface area contributed by atoms with Gasteiger partial charge in [0.15, 0.2) is 5.82 Å². The van der Waals surface area contributed by atoms with E-state index in [0.717, 1.165) is 12.8 Å². The standard InChI is InChI=1S/C11H19F2N3O2/c1-8(14)3-2-4-11-15-10(16-18-11)5-6-17-7-9(12)13/h8-9H,2-7,14H2,1H3. The number of hydrogen-bond acceptors (Lipinski definition) is 5. The molecule has 2 N–H and O–H groups in total. The highest BCUT2D eigenvalue weighted by atomic mass is 19.3. The van der Waals surface area contributed by atoms with E-state index in [0.29, 0.717) is 24.6 Å². The molecule has 1 atom stereocenters. The molecule has 0 saturated carbocycles. The summed E-state index contributed by atoms with van der Waals surface area (Å²) >= 11 is 0. The Kier molecular flexibility index (Phi) is 6.74. The van der Waals surface area contributed by atoms with Crippen molar-refractivity contribution < 1.29 is 18.0 Å². The molecule has 0 aliphatic heterocycles. The predicted octanol–water partition coefficient (Wildman–Crippen LogP) is 1.56. The number of nitrogens with two attached hydrogens (primary N) is 1. The first-order valence-electron chi connectivity index (χ1n) is 6.01. The molecule has 0 aliphatic rings. The van der Waals surface area contributed by atoms with E-state index in [-0.39, 0.29) is 12.6 Å². The third kappa shape index (κ3) is 6.61. The normalized spacial score (nSPS) is 13.2. The molecule has 0 radical (unpaired) electrons. The average Bonchev–Trinajstić information content (AvgIpc) is 2.72. The molecule has 0 saturated heterocycles. The summed E-state index contributed by atoms with van der Waals surface area (Å²) in [7, 11) is 0. The van der Waals surface area contributed by atoms with E-state index in [1.54, 1.807) is 0 Å². The van der Waals surface area contributed by atoms with Crippen LogP contribution in [-0.4, -0.2) is 35.8 Å². The van der Waals surface area contributed by atoms with Crippen molar-refractivity contribution in [2.24, 2.45) is 5.73 Å². The SMILES string of the molecule is CC(N)CCCc1nc(CCOCC(F)F)no1. The van der Waals surface area contributed by atoms with Gasteiger partial charge < -0.3 is 15.0 Å². The van der Waals surface area contributed by atoms with Gasteiger partial charge in [-0.1, -0.05) is 5.16 Å². The van der Waals surface area contributed by atoms with Crippen LogP contribution in [0.3, 0.4) is 0 Å². The largest absolute Gasteiger partial charge is 0.375 e. The fourth-order valence-corrected chi connectivity index (χ4v) is 1.40. The topological polar surface area (TPSA) is 74.2 Å². The lowest BCUT2D eigenvalue weighted by Crippen LogP contribution is -2.14. The van der Waals surface area contributed by atoms with Gasteiger partial charge in [-0.15, -0.1) is 0 Å². The molecule has 1 rings (SSSR count). The second-order valence-electron chi connectivity index (χ2n) is 4.19. The zero-order chi connectivity index (χ0) is 13.4. The number of alkyl halides is 2. The van der Waals surface area contributed by atoms with Gasteiger partial charge in [-0.05, 0) is 19.8 Å². The van der Waals surface area contributed by atoms with Crippen LogP contribution in [0.25, 0.3) is 0 Å². The molecule has 1 aromatic heterocycles. The fourth-order valence-electron chi connectivity index (χ4n) is 1.40. The summed E-state index contributed by atoms with van der Waals surface area (Å²) in [6, 6.07) is 0.162. The quantitative estimate of drug-likeness (QED) is 0.684. The van der Waals surface area contributed by atoms with Crippen molar-refractivity contribution in [3.8, 4) is 0 Å². The van der Waals surface area contributed by atoms with Crippen LogP contribution in [-0.2, 0) is 17.6 Å². The van der Waals surface area contributed by atoms with Gasteiger partial charge in [-0.2, -0.15) is 4.98 Å². The molecular weight excluding hydrogens is 244 g/mol. The van der Waals surface area contributed by atoms with Crippen LogP contribution in [0.2, 0.25) is 0 Å². The van der Waals surface area contributed by atoms with Crippen LogP contribution in [0, 0.1) is 0 Å². The van der Waals surface area contributed by atoms with E-state index in [1.807, 2.05) is 6.92 Å². The second kappa shape index (κ2) is 8.10. The molecule has 1 aromatic rings. The Morgan fingerprint density at radius 1 is 1.39 bits per heavy atom. The molecule has 0 amide bonds. The number of rotatable bonds is 9. The van der Waals surface area contributed by atoms with Crippen molar-refractivity contribution in [2.45, 2.75) is 45.1 Å². The van der Waals surface area contributed by atoms with Gasteiger partial charge in [0.1, 0.15) is 6.61 Å². The van der Waals surface area contributed by atoms with Gasteiger partial charge in [-0.3, -0.25) is 0 Å². The van der Waals surface area contributed by atoms with Crippen molar-refractivity contribution in [3.05, 3.63) is 11.7 Å². The predicted molar refractivity (Wildman–Crippen MR) is 61.4 cm³/mol. The lowest BCUT2D eigenvalue weighted by atomic mass is 10.1. The first-order valence-corrected chi connectivity index (χ1v) is 6.01. The molecule has 18 heavy (non-hydrogen) atoms. The van der Waals surface area contributed by atoms with E-state index in [1.165, 1.54) is 0 Å². The average molecular weight is 263 g/mol. The monoisotopic (exact) mass is 263 g/mol. The zero-order valence-corrected chi connectivity index (χ0v) is 10.4. The highest BCUT2D eigenvalue weighted by molar-refractivity contribution is 4.86.